The third-order valence-corrected chi connectivity index (χ3v) is 5.20. The topological polar surface area (TPSA) is 89.5 Å². The van der Waals surface area contributed by atoms with Crippen molar-refractivity contribution in [3.63, 3.8) is 0 Å². The van der Waals surface area contributed by atoms with E-state index in [1.54, 1.807) is 41.0 Å². The number of fused-ring (bicyclic) bond motifs is 3. The lowest BCUT2D eigenvalue weighted by Crippen LogP contribution is -2.25. The Labute approximate surface area is 178 Å². The fourth-order valence-electron chi connectivity index (χ4n) is 3.74. The van der Waals surface area contributed by atoms with Gasteiger partial charge in [-0.3, -0.25) is 24.6 Å². The van der Waals surface area contributed by atoms with Crippen molar-refractivity contribution in [3.8, 4) is 5.69 Å². The highest BCUT2D eigenvalue weighted by molar-refractivity contribution is 6.17. The van der Waals surface area contributed by atoms with E-state index in [9.17, 15) is 14.5 Å². The van der Waals surface area contributed by atoms with Crippen LogP contribution in [0.2, 0.25) is 0 Å². The van der Waals surface area contributed by atoms with Crippen LogP contribution in [0, 0.1) is 15.9 Å². The zero-order chi connectivity index (χ0) is 22.0. The van der Waals surface area contributed by atoms with Gasteiger partial charge in [-0.25, -0.2) is 4.39 Å². The molecule has 158 valence electrons. The number of aliphatic imine (C=N–C) groups is 1. The summed E-state index contributed by atoms with van der Waals surface area (Å²) in [6.07, 6.45) is 1.81. The van der Waals surface area contributed by atoms with Crippen molar-refractivity contribution >= 4 is 11.4 Å². The van der Waals surface area contributed by atoms with Gasteiger partial charge in [0.05, 0.1) is 22.9 Å². The third-order valence-electron chi connectivity index (χ3n) is 5.20. The first-order valence-electron chi connectivity index (χ1n) is 9.89. The monoisotopic (exact) mass is 420 g/mol. The first-order valence-corrected chi connectivity index (χ1v) is 9.89. The number of halogens is 1. The van der Waals surface area contributed by atoms with Crippen LogP contribution in [0.15, 0.2) is 60.1 Å². The molecule has 0 saturated carbocycles. The maximum Gasteiger partial charge on any atom is 0.280 e. The van der Waals surface area contributed by atoms with Gasteiger partial charge in [-0.15, -0.1) is 16.8 Å². The van der Waals surface area contributed by atoms with Gasteiger partial charge in [0.15, 0.2) is 11.6 Å². The van der Waals surface area contributed by atoms with E-state index in [4.69, 9.17) is 0 Å². The average molecular weight is 420 g/mol. The predicted molar refractivity (Wildman–Crippen MR) is 115 cm³/mol. The van der Waals surface area contributed by atoms with Crippen LogP contribution in [-0.4, -0.2) is 43.4 Å². The summed E-state index contributed by atoms with van der Waals surface area (Å²) in [6, 6.07) is 10.9. The molecule has 1 aliphatic rings. The van der Waals surface area contributed by atoms with Gasteiger partial charge in [-0.05, 0) is 24.7 Å². The Morgan fingerprint density at radius 1 is 1.26 bits per heavy atom. The zero-order valence-electron chi connectivity index (χ0n) is 17.0. The van der Waals surface area contributed by atoms with Crippen molar-refractivity contribution in [2.45, 2.75) is 20.0 Å². The molecular weight excluding hydrogens is 399 g/mol. The second-order valence-corrected chi connectivity index (χ2v) is 7.06. The van der Waals surface area contributed by atoms with Gasteiger partial charge in [0.1, 0.15) is 17.9 Å². The molecule has 2 heterocycles. The number of benzene rings is 2. The summed E-state index contributed by atoms with van der Waals surface area (Å²) < 4.78 is 16.5. The predicted octanol–water partition coefficient (Wildman–Crippen LogP) is 3.67. The van der Waals surface area contributed by atoms with Crippen molar-refractivity contribution in [1.82, 2.24) is 19.7 Å². The molecule has 0 spiro atoms. The molecule has 0 radical (unpaired) electrons. The summed E-state index contributed by atoms with van der Waals surface area (Å²) in [7, 11) is 0. The molecule has 3 aromatic rings. The maximum atomic E-state index is 14.7. The summed E-state index contributed by atoms with van der Waals surface area (Å²) in [6.45, 7) is 7.85. The number of nitro groups is 1. The molecule has 4 rings (SSSR count). The molecule has 9 heteroatoms. The second-order valence-electron chi connectivity index (χ2n) is 7.06. The normalized spacial score (nSPS) is 12.7. The summed E-state index contributed by atoms with van der Waals surface area (Å²) in [5, 5.41) is 20.5. The number of hydrogen-bond acceptors (Lipinski definition) is 6. The molecule has 31 heavy (non-hydrogen) atoms. The van der Waals surface area contributed by atoms with E-state index in [2.05, 4.69) is 26.7 Å². The average Bonchev–Trinajstić information content (AvgIpc) is 3.08. The Morgan fingerprint density at radius 3 is 2.77 bits per heavy atom. The maximum absolute atomic E-state index is 14.7. The number of hydrogen-bond donors (Lipinski definition) is 0. The fourth-order valence-corrected chi connectivity index (χ4v) is 3.74. The van der Waals surface area contributed by atoms with E-state index >= 15 is 0 Å². The molecule has 0 fully saturated rings. The fraction of sp³-hybridized carbons (Fsp3) is 0.227. The van der Waals surface area contributed by atoms with Crippen molar-refractivity contribution in [1.29, 1.82) is 0 Å². The molecule has 1 aliphatic heterocycles. The lowest BCUT2D eigenvalue weighted by atomic mass is 9.98. The number of aromatic nitrogens is 3. The number of nitro benzene ring substituents is 1. The molecule has 0 amide bonds. The van der Waals surface area contributed by atoms with Crippen LogP contribution >= 0.6 is 0 Å². The highest BCUT2D eigenvalue weighted by Crippen LogP contribution is 2.33. The summed E-state index contributed by atoms with van der Waals surface area (Å²) >= 11 is 0. The van der Waals surface area contributed by atoms with E-state index in [0.717, 1.165) is 6.54 Å². The highest BCUT2D eigenvalue weighted by Gasteiger charge is 2.30. The van der Waals surface area contributed by atoms with Gasteiger partial charge in [-0.1, -0.05) is 31.2 Å². The van der Waals surface area contributed by atoms with E-state index in [1.165, 1.54) is 12.1 Å². The summed E-state index contributed by atoms with van der Waals surface area (Å²) in [5.74, 6) is 0.676. The Hall–Kier alpha value is -3.72. The standard InChI is InChI=1S/C22H21FN6O2/c1-3-12-27(4-2)14-20-26-25-19-13-24-22(15-8-5-6-9-16(15)23)21-17(28(19)20)10-7-11-18(21)29(30)31/h3,5-11H,1,4,12-14H2,2H3. The van der Waals surface area contributed by atoms with Crippen molar-refractivity contribution in [2.75, 3.05) is 13.1 Å². The van der Waals surface area contributed by atoms with Crippen LogP contribution in [0.1, 0.15) is 29.7 Å². The van der Waals surface area contributed by atoms with Crippen LogP contribution in [-0.2, 0) is 13.1 Å². The molecule has 8 nitrogen and oxygen atoms in total. The van der Waals surface area contributed by atoms with Gasteiger partial charge < -0.3 is 0 Å². The zero-order valence-corrected chi connectivity index (χ0v) is 17.0. The lowest BCUT2D eigenvalue weighted by molar-refractivity contribution is -0.385. The van der Waals surface area contributed by atoms with Crippen LogP contribution < -0.4 is 0 Å². The van der Waals surface area contributed by atoms with Gasteiger partial charge in [0, 0.05) is 18.2 Å². The third kappa shape index (κ3) is 3.75. The Balaban J connectivity index is 1.94. The lowest BCUT2D eigenvalue weighted by Gasteiger charge is -2.19. The van der Waals surface area contributed by atoms with Gasteiger partial charge in [-0.2, -0.15) is 0 Å². The minimum Gasteiger partial charge on any atom is -0.293 e. The molecule has 0 atom stereocenters. The number of likely N-dealkylation sites (N-methyl/N-ethyl adjacent to an activating group) is 1. The van der Waals surface area contributed by atoms with Crippen molar-refractivity contribution < 1.29 is 9.31 Å². The van der Waals surface area contributed by atoms with Crippen LogP contribution in [0.25, 0.3) is 5.69 Å². The second kappa shape index (κ2) is 8.57. The molecule has 0 N–H and O–H groups in total. The van der Waals surface area contributed by atoms with Crippen LogP contribution in [0.5, 0.6) is 0 Å². The first kappa shape index (κ1) is 20.5. The molecule has 2 aromatic carbocycles. The largest absolute Gasteiger partial charge is 0.293 e. The minimum absolute atomic E-state index is 0.121. The van der Waals surface area contributed by atoms with Gasteiger partial charge >= 0.3 is 0 Å². The highest BCUT2D eigenvalue weighted by atomic mass is 19.1. The van der Waals surface area contributed by atoms with E-state index in [1.807, 2.05) is 6.92 Å². The number of rotatable bonds is 7. The Kier molecular flexibility index (Phi) is 5.68. The van der Waals surface area contributed by atoms with Crippen molar-refractivity contribution in [3.05, 3.63) is 93.8 Å². The molecule has 0 saturated heterocycles. The van der Waals surface area contributed by atoms with Crippen LogP contribution in [0.3, 0.4) is 0 Å². The molecular formula is C22H21FN6O2. The Morgan fingerprint density at radius 2 is 2.06 bits per heavy atom. The van der Waals surface area contributed by atoms with Gasteiger partial charge in [0.2, 0.25) is 0 Å². The minimum atomic E-state index is -0.494. The SMILES string of the molecule is C=CCN(CC)Cc1nnc2n1-c1cccc([N+](=O)[O-])c1C(c1ccccc1F)=NC2. The van der Waals surface area contributed by atoms with Crippen LogP contribution in [0.4, 0.5) is 10.1 Å². The molecule has 1 aromatic heterocycles. The van der Waals surface area contributed by atoms with Crippen molar-refractivity contribution in [2.24, 2.45) is 4.99 Å². The summed E-state index contributed by atoms with van der Waals surface area (Å²) in [4.78, 5) is 18.1. The first-order chi connectivity index (χ1) is 15.0. The van der Waals surface area contributed by atoms with E-state index in [-0.39, 0.29) is 29.1 Å². The quantitative estimate of drug-likeness (QED) is 0.330. The van der Waals surface area contributed by atoms with E-state index in [0.29, 0.717) is 30.4 Å². The van der Waals surface area contributed by atoms with Gasteiger partial charge in [0.25, 0.3) is 5.69 Å². The Bertz CT molecular complexity index is 1190. The van der Waals surface area contributed by atoms with E-state index < -0.39 is 10.7 Å². The molecule has 0 bridgehead atoms. The number of nitrogens with zero attached hydrogens (tertiary/aromatic N) is 6. The molecule has 0 unspecified atom stereocenters. The summed E-state index contributed by atoms with van der Waals surface area (Å²) in [5.41, 5.74) is 1.06. The molecule has 0 aliphatic carbocycles. The smallest absolute Gasteiger partial charge is 0.280 e.